The standard InChI is InChI=1S/C12H28OSi/c1-5-7-8-9-10-11-12(13-6-2)14(3)4/h12,14H,5-11H2,1-4H3. The Hall–Kier alpha value is 0.177. The topological polar surface area (TPSA) is 9.23 Å². The van der Waals surface area contributed by atoms with Gasteiger partial charge < -0.3 is 4.74 Å². The van der Waals surface area contributed by atoms with Crippen LogP contribution in [0.5, 0.6) is 0 Å². The molecule has 1 atom stereocenters. The molecule has 1 nitrogen and oxygen atoms in total. The molecule has 0 spiro atoms. The molecule has 0 bridgehead atoms. The Balaban J connectivity index is 3.41. The Bertz CT molecular complexity index is 115. The van der Waals surface area contributed by atoms with Gasteiger partial charge in [0.1, 0.15) is 0 Å². The highest BCUT2D eigenvalue weighted by Crippen LogP contribution is 2.11. The van der Waals surface area contributed by atoms with Gasteiger partial charge in [-0.25, -0.2) is 0 Å². The lowest BCUT2D eigenvalue weighted by atomic mass is 10.1. The van der Waals surface area contributed by atoms with E-state index in [0.29, 0.717) is 5.73 Å². The Morgan fingerprint density at radius 2 is 1.64 bits per heavy atom. The second-order valence-electron chi connectivity index (χ2n) is 4.44. The zero-order valence-electron chi connectivity index (χ0n) is 10.5. The van der Waals surface area contributed by atoms with Crippen LogP contribution in [0, 0.1) is 0 Å². The van der Waals surface area contributed by atoms with Crippen LogP contribution in [0.3, 0.4) is 0 Å². The van der Waals surface area contributed by atoms with Gasteiger partial charge in [-0.3, -0.25) is 0 Å². The van der Waals surface area contributed by atoms with Crippen LogP contribution in [0.4, 0.5) is 0 Å². The van der Waals surface area contributed by atoms with E-state index in [2.05, 4.69) is 26.9 Å². The predicted octanol–water partition coefficient (Wildman–Crippen LogP) is 3.78. The van der Waals surface area contributed by atoms with Gasteiger partial charge in [0.2, 0.25) is 0 Å². The van der Waals surface area contributed by atoms with E-state index >= 15 is 0 Å². The average molecular weight is 216 g/mol. The molecule has 2 heteroatoms. The summed E-state index contributed by atoms with van der Waals surface area (Å²) in [6, 6.07) is 0. The number of hydrogen-bond acceptors (Lipinski definition) is 1. The van der Waals surface area contributed by atoms with Crippen molar-refractivity contribution in [2.24, 2.45) is 0 Å². The van der Waals surface area contributed by atoms with Crippen molar-refractivity contribution in [3.05, 3.63) is 0 Å². The van der Waals surface area contributed by atoms with Gasteiger partial charge in [-0.15, -0.1) is 0 Å². The Morgan fingerprint density at radius 1 is 1.00 bits per heavy atom. The third-order valence-electron chi connectivity index (χ3n) is 2.72. The Morgan fingerprint density at radius 3 is 2.14 bits per heavy atom. The van der Waals surface area contributed by atoms with Crippen molar-refractivity contribution in [2.45, 2.75) is 71.2 Å². The largest absolute Gasteiger partial charge is 0.382 e. The van der Waals surface area contributed by atoms with E-state index in [9.17, 15) is 0 Å². The molecule has 0 N–H and O–H groups in total. The lowest BCUT2D eigenvalue weighted by Crippen LogP contribution is -2.27. The first kappa shape index (κ1) is 14.2. The van der Waals surface area contributed by atoms with Crippen molar-refractivity contribution >= 4 is 8.80 Å². The van der Waals surface area contributed by atoms with Crippen molar-refractivity contribution in [1.82, 2.24) is 0 Å². The van der Waals surface area contributed by atoms with Crippen LogP contribution < -0.4 is 0 Å². The van der Waals surface area contributed by atoms with E-state index in [4.69, 9.17) is 4.74 Å². The van der Waals surface area contributed by atoms with Crippen LogP contribution in [-0.4, -0.2) is 21.1 Å². The molecular weight excluding hydrogens is 188 g/mol. The van der Waals surface area contributed by atoms with E-state index in [-0.39, 0.29) is 0 Å². The fourth-order valence-corrected chi connectivity index (χ4v) is 3.25. The van der Waals surface area contributed by atoms with Gasteiger partial charge in [0, 0.05) is 12.3 Å². The molecule has 0 aromatic rings. The van der Waals surface area contributed by atoms with Crippen LogP contribution in [0.15, 0.2) is 0 Å². The highest BCUT2D eigenvalue weighted by atomic mass is 28.3. The quantitative estimate of drug-likeness (QED) is 0.421. The molecule has 0 radical (unpaired) electrons. The molecule has 14 heavy (non-hydrogen) atoms. The summed E-state index contributed by atoms with van der Waals surface area (Å²) in [4.78, 5) is 0. The summed E-state index contributed by atoms with van der Waals surface area (Å²) in [6.45, 7) is 10.1. The predicted molar refractivity (Wildman–Crippen MR) is 67.7 cm³/mol. The maximum atomic E-state index is 5.77. The zero-order chi connectivity index (χ0) is 10.8. The van der Waals surface area contributed by atoms with E-state index in [1.807, 2.05) is 0 Å². The second kappa shape index (κ2) is 9.72. The molecule has 1 unspecified atom stereocenters. The lowest BCUT2D eigenvalue weighted by molar-refractivity contribution is 0.106. The van der Waals surface area contributed by atoms with Crippen molar-refractivity contribution in [1.29, 1.82) is 0 Å². The first-order valence-electron chi connectivity index (χ1n) is 6.33. The summed E-state index contributed by atoms with van der Waals surface area (Å²) in [7, 11) is -0.584. The monoisotopic (exact) mass is 216 g/mol. The molecule has 0 amide bonds. The SMILES string of the molecule is CCCCCCCC(OCC)[SiH](C)C. The second-order valence-corrected chi connectivity index (χ2v) is 7.67. The van der Waals surface area contributed by atoms with Gasteiger partial charge in [0.15, 0.2) is 0 Å². The smallest absolute Gasteiger partial charge is 0.0656 e. The molecule has 0 rings (SSSR count). The van der Waals surface area contributed by atoms with Crippen LogP contribution >= 0.6 is 0 Å². The third-order valence-corrected chi connectivity index (χ3v) is 4.73. The van der Waals surface area contributed by atoms with Gasteiger partial charge in [0.05, 0.1) is 8.80 Å². The molecule has 0 aliphatic rings. The van der Waals surface area contributed by atoms with Crippen LogP contribution in [0.2, 0.25) is 13.1 Å². The first-order valence-corrected chi connectivity index (χ1v) is 9.31. The molecule has 0 fully saturated rings. The molecule has 0 aromatic heterocycles. The maximum Gasteiger partial charge on any atom is 0.0656 e. The molecular formula is C12H28OSi. The minimum atomic E-state index is -0.584. The zero-order valence-corrected chi connectivity index (χ0v) is 11.7. The minimum Gasteiger partial charge on any atom is -0.382 e. The number of hydrogen-bond donors (Lipinski definition) is 0. The maximum absolute atomic E-state index is 5.77. The normalized spacial score (nSPS) is 13.5. The number of rotatable bonds is 9. The van der Waals surface area contributed by atoms with Crippen molar-refractivity contribution in [2.75, 3.05) is 6.61 Å². The van der Waals surface area contributed by atoms with Crippen molar-refractivity contribution < 1.29 is 4.74 Å². The van der Waals surface area contributed by atoms with E-state index < -0.39 is 8.80 Å². The highest BCUT2D eigenvalue weighted by Gasteiger charge is 2.13. The molecule has 0 saturated carbocycles. The average Bonchev–Trinajstić information content (AvgIpc) is 2.15. The summed E-state index contributed by atoms with van der Waals surface area (Å²) in [6.07, 6.45) is 8.23. The fourth-order valence-electron chi connectivity index (χ4n) is 1.77. The van der Waals surface area contributed by atoms with Crippen molar-refractivity contribution in [3.63, 3.8) is 0 Å². The van der Waals surface area contributed by atoms with Gasteiger partial charge in [-0.1, -0.05) is 52.1 Å². The lowest BCUT2D eigenvalue weighted by Gasteiger charge is -2.19. The molecule has 0 aliphatic heterocycles. The summed E-state index contributed by atoms with van der Waals surface area (Å²) < 4.78 is 5.77. The third kappa shape index (κ3) is 7.57. The van der Waals surface area contributed by atoms with Gasteiger partial charge in [0.25, 0.3) is 0 Å². The van der Waals surface area contributed by atoms with E-state index in [0.717, 1.165) is 6.61 Å². The van der Waals surface area contributed by atoms with Crippen LogP contribution in [0.25, 0.3) is 0 Å². The summed E-state index contributed by atoms with van der Waals surface area (Å²) in [5.74, 6) is 0. The summed E-state index contributed by atoms with van der Waals surface area (Å²) >= 11 is 0. The minimum absolute atomic E-state index is 0.584. The number of unbranched alkanes of at least 4 members (excludes halogenated alkanes) is 4. The first-order chi connectivity index (χ1) is 6.72. The summed E-state index contributed by atoms with van der Waals surface area (Å²) in [5.41, 5.74) is 0.627. The molecule has 0 aliphatic carbocycles. The molecule has 0 saturated heterocycles. The molecule has 0 aromatic carbocycles. The van der Waals surface area contributed by atoms with Crippen molar-refractivity contribution in [3.8, 4) is 0 Å². The Labute approximate surface area is 91.8 Å². The molecule has 0 heterocycles. The van der Waals surface area contributed by atoms with Crippen LogP contribution in [0.1, 0.15) is 52.4 Å². The highest BCUT2D eigenvalue weighted by molar-refractivity contribution is 6.57. The van der Waals surface area contributed by atoms with E-state index in [1.165, 1.54) is 38.5 Å². The fraction of sp³-hybridized carbons (Fsp3) is 1.00. The Kier molecular flexibility index (Phi) is 9.84. The van der Waals surface area contributed by atoms with Gasteiger partial charge in [-0.2, -0.15) is 0 Å². The van der Waals surface area contributed by atoms with E-state index in [1.54, 1.807) is 0 Å². The summed E-state index contributed by atoms with van der Waals surface area (Å²) in [5, 5.41) is 0. The van der Waals surface area contributed by atoms with Gasteiger partial charge in [-0.05, 0) is 13.3 Å². The number of ether oxygens (including phenoxy) is 1. The van der Waals surface area contributed by atoms with Gasteiger partial charge >= 0.3 is 0 Å². The molecule has 86 valence electrons. The van der Waals surface area contributed by atoms with Crippen LogP contribution in [-0.2, 0) is 4.74 Å².